The van der Waals surface area contributed by atoms with E-state index in [9.17, 15) is 4.79 Å². The van der Waals surface area contributed by atoms with E-state index in [2.05, 4.69) is 26.6 Å². The number of ether oxygens (including phenoxy) is 1. The lowest BCUT2D eigenvalue weighted by molar-refractivity contribution is -0.668. The summed E-state index contributed by atoms with van der Waals surface area (Å²) in [4.78, 5) is 11.9. The van der Waals surface area contributed by atoms with E-state index in [1.165, 1.54) is 0 Å². The molecule has 0 aliphatic carbocycles. The fourth-order valence-electron chi connectivity index (χ4n) is 2.16. The van der Waals surface area contributed by atoms with Crippen LogP contribution < -0.4 is 15.4 Å². The molecule has 0 aromatic heterocycles. The molecule has 2 aromatic rings. The average Bonchev–Trinajstić information content (AvgIpc) is 2.55. The van der Waals surface area contributed by atoms with Gasteiger partial charge in [-0.05, 0) is 42.5 Å². The Hall–Kier alpha value is -1.56. The second-order valence-corrected chi connectivity index (χ2v) is 6.35. The number of halogens is 2. The third-order valence-corrected chi connectivity index (χ3v) is 4.09. The summed E-state index contributed by atoms with van der Waals surface area (Å²) in [5.74, 6) is 0.782. The molecule has 1 amide bonds. The molecule has 23 heavy (non-hydrogen) atoms. The van der Waals surface area contributed by atoms with Crippen molar-refractivity contribution in [1.29, 1.82) is 0 Å². The molecule has 0 aliphatic heterocycles. The predicted octanol–water partition coefficient (Wildman–Crippen LogP) is 2.60. The van der Waals surface area contributed by atoms with Crippen molar-refractivity contribution < 1.29 is 14.8 Å². The van der Waals surface area contributed by atoms with Crippen LogP contribution in [0.2, 0.25) is 5.02 Å². The van der Waals surface area contributed by atoms with Gasteiger partial charge in [0.15, 0.2) is 0 Å². The minimum Gasteiger partial charge on any atom is -0.496 e. The van der Waals surface area contributed by atoms with Crippen LogP contribution in [0.3, 0.4) is 0 Å². The number of quaternary nitrogens is 1. The topological polar surface area (TPSA) is 54.9 Å². The molecule has 2 aromatic carbocycles. The first kappa shape index (κ1) is 17.8. The molecular weight excluding hydrogens is 380 g/mol. The SMILES string of the molecule is COc1ccc(Br)cc1C[NH2+]CCNC(=O)c1ccc(Cl)cc1. The van der Waals surface area contributed by atoms with Gasteiger partial charge >= 0.3 is 0 Å². The molecule has 0 radical (unpaired) electrons. The number of hydrogen-bond acceptors (Lipinski definition) is 2. The van der Waals surface area contributed by atoms with Crippen LogP contribution in [0.1, 0.15) is 15.9 Å². The average molecular weight is 399 g/mol. The molecule has 0 saturated heterocycles. The van der Waals surface area contributed by atoms with Crippen LogP contribution in [0.4, 0.5) is 0 Å². The largest absolute Gasteiger partial charge is 0.496 e. The normalized spacial score (nSPS) is 10.4. The zero-order chi connectivity index (χ0) is 16.7. The molecule has 6 heteroatoms. The van der Waals surface area contributed by atoms with Gasteiger partial charge in [-0.25, -0.2) is 0 Å². The Morgan fingerprint density at radius 2 is 2.00 bits per heavy atom. The second kappa shape index (κ2) is 8.91. The Morgan fingerprint density at radius 1 is 1.26 bits per heavy atom. The van der Waals surface area contributed by atoms with Crippen molar-refractivity contribution >= 4 is 33.4 Å². The first-order valence-electron chi connectivity index (χ1n) is 7.28. The molecule has 0 unspecified atom stereocenters. The number of methoxy groups -OCH3 is 1. The number of nitrogens with two attached hydrogens (primary N) is 1. The van der Waals surface area contributed by atoms with E-state index in [-0.39, 0.29) is 5.91 Å². The van der Waals surface area contributed by atoms with E-state index >= 15 is 0 Å². The summed E-state index contributed by atoms with van der Waals surface area (Å²) in [5.41, 5.74) is 1.73. The van der Waals surface area contributed by atoms with E-state index in [1.807, 2.05) is 18.2 Å². The highest BCUT2D eigenvalue weighted by Gasteiger charge is 2.07. The van der Waals surface area contributed by atoms with Crippen molar-refractivity contribution in [2.75, 3.05) is 20.2 Å². The molecule has 3 N–H and O–H groups in total. The lowest BCUT2D eigenvalue weighted by atomic mass is 10.2. The van der Waals surface area contributed by atoms with Crippen molar-refractivity contribution in [3.05, 3.63) is 63.1 Å². The number of amides is 1. The standard InChI is InChI=1S/C17H18BrClN2O2/c1-23-16-7-4-14(18)10-13(16)11-20-8-9-21-17(22)12-2-5-15(19)6-3-12/h2-7,10,20H,8-9,11H2,1H3,(H,21,22)/p+1. The number of carbonyl (C=O) groups excluding carboxylic acids is 1. The van der Waals surface area contributed by atoms with Crippen LogP contribution in [0.15, 0.2) is 46.9 Å². The van der Waals surface area contributed by atoms with Gasteiger partial charge in [-0.1, -0.05) is 27.5 Å². The summed E-state index contributed by atoms with van der Waals surface area (Å²) in [6.07, 6.45) is 0. The maximum atomic E-state index is 11.9. The summed E-state index contributed by atoms with van der Waals surface area (Å²) in [5, 5.41) is 5.65. The fourth-order valence-corrected chi connectivity index (χ4v) is 2.69. The van der Waals surface area contributed by atoms with Crippen LogP contribution in [0.25, 0.3) is 0 Å². The highest BCUT2D eigenvalue weighted by molar-refractivity contribution is 9.10. The smallest absolute Gasteiger partial charge is 0.251 e. The highest BCUT2D eigenvalue weighted by Crippen LogP contribution is 2.21. The van der Waals surface area contributed by atoms with Crippen molar-refractivity contribution in [2.45, 2.75) is 6.54 Å². The van der Waals surface area contributed by atoms with E-state index < -0.39 is 0 Å². The van der Waals surface area contributed by atoms with E-state index in [4.69, 9.17) is 16.3 Å². The summed E-state index contributed by atoms with van der Waals surface area (Å²) < 4.78 is 6.37. The molecule has 0 spiro atoms. The van der Waals surface area contributed by atoms with E-state index in [1.54, 1.807) is 31.4 Å². The van der Waals surface area contributed by atoms with Gasteiger partial charge in [-0.3, -0.25) is 4.79 Å². The first-order chi connectivity index (χ1) is 11.1. The number of benzene rings is 2. The molecule has 122 valence electrons. The van der Waals surface area contributed by atoms with Crippen LogP contribution >= 0.6 is 27.5 Å². The number of nitrogens with one attached hydrogen (secondary N) is 1. The van der Waals surface area contributed by atoms with Crippen LogP contribution in [0.5, 0.6) is 5.75 Å². The van der Waals surface area contributed by atoms with Crippen molar-refractivity contribution in [3.8, 4) is 5.75 Å². The fraction of sp³-hybridized carbons (Fsp3) is 0.235. The van der Waals surface area contributed by atoms with Gasteiger partial charge in [0.05, 0.1) is 20.2 Å². The number of carbonyl (C=O) groups is 1. The minimum absolute atomic E-state index is 0.0879. The van der Waals surface area contributed by atoms with Crippen molar-refractivity contribution in [1.82, 2.24) is 5.32 Å². The first-order valence-corrected chi connectivity index (χ1v) is 8.45. The third kappa shape index (κ3) is 5.53. The zero-order valence-corrected chi connectivity index (χ0v) is 15.2. The van der Waals surface area contributed by atoms with Gasteiger partial charge in [0.25, 0.3) is 5.91 Å². The van der Waals surface area contributed by atoms with Crippen LogP contribution in [0, 0.1) is 0 Å². The Balaban J connectivity index is 1.74. The zero-order valence-electron chi connectivity index (χ0n) is 12.8. The summed E-state index contributed by atoms with van der Waals surface area (Å²) >= 11 is 9.27. The monoisotopic (exact) mass is 397 g/mol. The number of rotatable bonds is 7. The lowest BCUT2D eigenvalue weighted by Gasteiger charge is -2.09. The Morgan fingerprint density at radius 3 is 2.70 bits per heavy atom. The lowest BCUT2D eigenvalue weighted by Crippen LogP contribution is -2.84. The Labute approximate surface area is 149 Å². The van der Waals surface area contributed by atoms with Gasteiger partial charge in [0.2, 0.25) is 0 Å². The summed E-state index contributed by atoms with van der Waals surface area (Å²) in [7, 11) is 1.67. The minimum atomic E-state index is -0.0879. The van der Waals surface area contributed by atoms with Crippen molar-refractivity contribution in [2.24, 2.45) is 0 Å². The summed E-state index contributed by atoms with van der Waals surface area (Å²) in [6, 6.07) is 12.8. The highest BCUT2D eigenvalue weighted by atomic mass is 79.9. The van der Waals surface area contributed by atoms with Crippen LogP contribution in [-0.4, -0.2) is 26.1 Å². The summed E-state index contributed by atoms with van der Waals surface area (Å²) in [6.45, 7) is 2.17. The molecule has 0 fully saturated rings. The maximum absolute atomic E-state index is 11.9. The molecule has 0 heterocycles. The molecule has 4 nitrogen and oxygen atoms in total. The quantitative estimate of drug-likeness (QED) is 0.705. The molecule has 0 saturated carbocycles. The molecule has 2 rings (SSSR count). The van der Waals surface area contributed by atoms with Gasteiger partial charge in [0, 0.05) is 20.6 Å². The van der Waals surface area contributed by atoms with Crippen molar-refractivity contribution in [3.63, 3.8) is 0 Å². The van der Waals surface area contributed by atoms with Gasteiger partial charge in [-0.15, -0.1) is 0 Å². The Bertz CT molecular complexity index is 662. The number of hydrogen-bond donors (Lipinski definition) is 2. The van der Waals surface area contributed by atoms with Gasteiger partial charge in [-0.2, -0.15) is 0 Å². The predicted molar refractivity (Wildman–Crippen MR) is 95.0 cm³/mol. The van der Waals surface area contributed by atoms with Crippen LogP contribution in [-0.2, 0) is 6.54 Å². The molecule has 0 aliphatic rings. The van der Waals surface area contributed by atoms with Gasteiger partial charge in [0.1, 0.15) is 12.3 Å². The van der Waals surface area contributed by atoms with E-state index in [0.717, 1.165) is 28.9 Å². The molecular formula is C17H19BrClN2O2+. The van der Waals surface area contributed by atoms with Gasteiger partial charge < -0.3 is 15.4 Å². The Kier molecular flexibility index (Phi) is 6.89. The van der Waals surface area contributed by atoms with E-state index in [0.29, 0.717) is 17.1 Å². The third-order valence-electron chi connectivity index (χ3n) is 3.35. The maximum Gasteiger partial charge on any atom is 0.251 e. The molecule has 0 atom stereocenters. The molecule has 0 bridgehead atoms. The second-order valence-electron chi connectivity index (χ2n) is 5.00.